The van der Waals surface area contributed by atoms with Crippen LogP contribution in [0.3, 0.4) is 0 Å². The standard InChI is InChI=1S/C21H22F2N2O3.ClH/c22-17-9-7-15(8-10-17)20(18-5-1-2-6-19(18)23)24-28-13-12-25-11-3-4-16(14-25)21(26)27;/h1-2,5-10,16H,3-4,11-14H2,(H,26,27);1H. The van der Waals surface area contributed by atoms with Crippen molar-refractivity contribution in [1.82, 2.24) is 4.90 Å². The number of carboxylic acid groups (broad SMARTS) is 1. The number of piperidine rings is 1. The summed E-state index contributed by atoms with van der Waals surface area (Å²) in [5.74, 6) is -1.97. The number of hydrogen-bond acceptors (Lipinski definition) is 4. The van der Waals surface area contributed by atoms with E-state index in [0.717, 1.165) is 13.0 Å². The summed E-state index contributed by atoms with van der Waals surface area (Å²) in [4.78, 5) is 18.6. The molecule has 0 aliphatic carbocycles. The van der Waals surface area contributed by atoms with E-state index in [1.54, 1.807) is 18.2 Å². The minimum atomic E-state index is -0.776. The number of likely N-dealkylation sites (tertiary alicyclic amines) is 1. The third-order valence-corrected chi connectivity index (χ3v) is 4.76. The smallest absolute Gasteiger partial charge is 0.307 e. The van der Waals surface area contributed by atoms with Gasteiger partial charge in [0.15, 0.2) is 0 Å². The van der Waals surface area contributed by atoms with Crippen molar-refractivity contribution in [2.45, 2.75) is 12.8 Å². The van der Waals surface area contributed by atoms with Gasteiger partial charge in [-0.15, -0.1) is 12.4 Å². The van der Waals surface area contributed by atoms with Gasteiger partial charge < -0.3 is 9.94 Å². The molecule has 29 heavy (non-hydrogen) atoms. The van der Waals surface area contributed by atoms with Crippen molar-refractivity contribution in [3.8, 4) is 0 Å². The summed E-state index contributed by atoms with van der Waals surface area (Å²) in [6, 6.07) is 11.8. The molecule has 0 saturated carbocycles. The Labute approximate surface area is 174 Å². The van der Waals surface area contributed by atoms with Crippen LogP contribution in [0.5, 0.6) is 0 Å². The zero-order valence-electron chi connectivity index (χ0n) is 15.8. The van der Waals surface area contributed by atoms with E-state index in [-0.39, 0.29) is 36.2 Å². The first-order valence-electron chi connectivity index (χ1n) is 9.20. The van der Waals surface area contributed by atoms with Crippen molar-refractivity contribution >= 4 is 24.1 Å². The largest absolute Gasteiger partial charge is 0.481 e. The van der Waals surface area contributed by atoms with E-state index in [1.165, 1.54) is 30.3 Å². The number of carbonyl (C=O) groups is 1. The fourth-order valence-corrected chi connectivity index (χ4v) is 3.26. The van der Waals surface area contributed by atoms with Crippen LogP contribution in [0.15, 0.2) is 53.7 Å². The molecule has 0 spiro atoms. The van der Waals surface area contributed by atoms with Crippen molar-refractivity contribution in [3.63, 3.8) is 0 Å². The van der Waals surface area contributed by atoms with Crippen LogP contribution in [-0.2, 0) is 9.63 Å². The van der Waals surface area contributed by atoms with Crippen molar-refractivity contribution < 1.29 is 23.5 Å². The molecule has 0 amide bonds. The molecule has 0 aromatic heterocycles. The molecule has 1 heterocycles. The van der Waals surface area contributed by atoms with Gasteiger partial charge in [-0.25, -0.2) is 8.78 Å². The van der Waals surface area contributed by atoms with Crippen LogP contribution in [0.2, 0.25) is 0 Å². The number of carboxylic acids is 1. The first-order valence-corrected chi connectivity index (χ1v) is 9.20. The molecule has 0 bridgehead atoms. The lowest BCUT2D eigenvalue weighted by Gasteiger charge is -2.29. The van der Waals surface area contributed by atoms with Gasteiger partial charge in [-0.2, -0.15) is 0 Å². The van der Waals surface area contributed by atoms with Crippen LogP contribution in [0.1, 0.15) is 24.0 Å². The Morgan fingerprint density at radius 3 is 2.59 bits per heavy atom. The normalized spacial score (nSPS) is 17.4. The van der Waals surface area contributed by atoms with Crippen LogP contribution >= 0.6 is 12.4 Å². The van der Waals surface area contributed by atoms with Gasteiger partial charge in [0.05, 0.1) is 5.92 Å². The van der Waals surface area contributed by atoms with Gasteiger partial charge in [0, 0.05) is 24.2 Å². The van der Waals surface area contributed by atoms with Crippen molar-refractivity contribution in [2.75, 3.05) is 26.2 Å². The molecule has 1 saturated heterocycles. The zero-order valence-corrected chi connectivity index (χ0v) is 16.6. The third kappa shape index (κ3) is 6.24. The molecule has 1 atom stereocenters. The molecule has 1 aliphatic heterocycles. The molecule has 1 N–H and O–H groups in total. The van der Waals surface area contributed by atoms with Gasteiger partial charge in [-0.1, -0.05) is 17.3 Å². The van der Waals surface area contributed by atoms with Crippen LogP contribution in [0.25, 0.3) is 0 Å². The monoisotopic (exact) mass is 424 g/mol. The zero-order chi connectivity index (χ0) is 19.9. The Morgan fingerprint density at radius 1 is 1.17 bits per heavy atom. The molecule has 1 fully saturated rings. The minimum Gasteiger partial charge on any atom is -0.481 e. The van der Waals surface area contributed by atoms with Crippen LogP contribution in [-0.4, -0.2) is 47.9 Å². The fraction of sp³-hybridized carbons (Fsp3) is 0.333. The molecule has 2 aromatic rings. The van der Waals surface area contributed by atoms with E-state index in [2.05, 4.69) is 5.16 Å². The molecular formula is C21H23ClF2N2O3. The second-order valence-corrected chi connectivity index (χ2v) is 6.74. The number of aliphatic carboxylic acids is 1. The number of oxime groups is 1. The molecule has 0 radical (unpaired) electrons. The predicted octanol–water partition coefficient (Wildman–Crippen LogP) is 3.95. The highest BCUT2D eigenvalue weighted by molar-refractivity contribution is 6.12. The Bertz CT molecular complexity index is 846. The SMILES string of the molecule is Cl.O=C(O)C1CCCN(CCON=C(c2ccc(F)cc2)c2ccccc2F)C1. The van der Waals surface area contributed by atoms with Gasteiger partial charge in [0.2, 0.25) is 0 Å². The summed E-state index contributed by atoms with van der Waals surface area (Å²) < 4.78 is 27.5. The molecule has 5 nitrogen and oxygen atoms in total. The number of hydrogen-bond donors (Lipinski definition) is 1. The second-order valence-electron chi connectivity index (χ2n) is 6.74. The van der Waals surface area contributed by atoms with Crippen LogP contribution in [0.4, 0.5) is 8.78 Å². The summed E-state index contributed by atoms with van der Waals surface area (Å²) in [5, 5.41) is 13.3. The Morgan fingerprint density at radius 2 is 1.90 bits per heavy atom. The Balaban J connectivity index is 0.00000300. The van der Waals surface area contributed by atoms with Crippen molar-refractivity contribution in [3.05, 3.63) is 71.3 Å². The average molecular weight is 425 g/mol. The van der Waals surface area contributed by atoms with E-state index in [4.69, 9.17) is 9.94 Å². The van der Waals surface area contributed by atoms with E-state index in [9.17, 15) is 13.6 Å². The lowest BCUT2D eigenvalue weighted by molar-refractivity contribution is -0.143. The fourth-order valence-electron chi connectivity index (χ4n) is 3.26. The first kappa shape index (κ1) is 22.8. The van der Waals surface area contributed by atoms with E-state index in [1.807, 2.05) is 4.90 Å². The summed E-state index contributed by atoms with van der Waals surface area (Å²) in [5.41, 5.74) is 1.08. The van der Waals surface area contributed by atoms with Crippen molar-refractivity contribution in [1.29, 1.82) is 0 Å². The number of nitrogens with zero attached hydrogens (tertiary/aromatic N) is 2. The van der Waals surface area contributed by atoms with E-state index >= 15 is 0 Å². The molecule has 156 valence electrons. The topological polar surface area (TPSA) is 62.1 Å². The summed E-state index contributed by atoms with van der Waals surface area (Å²) >= 11 is 0. The minimum absolute atomic E-state index is 0. The van der Waals surface area contributed by atoms with Gasteiger partial charge in [0.25, 0.3) is 0 Å². The highest BCUT2D eigenvalue weighted by Crippen LogP contribution is 2.17. The molecule has 1 unspecified atom stereocenters. The number of halogens is 3. The molecule has 8 heteroatoms. The quantitative estimate of drug-likeness (QED) is 0.415. The van der Waals surface area contributed by atoms with Crippen molar-refractivity contribution in [2.24, 2.45) is 11.1 Å². The summed E-state index contributed by atoms with van der Waals surface area (Å²) in [6.45, 7) is 2.07. The van der Waals surface area contributed by atoms with E-state index < -0.39 is 17.6 Å². The average Bonchev–Trinajstić information content (AvgIpc) is 2.70. The maximum atomic E-state index is 14.2. The molecule has 2 aromatic carbocycles. The highest BCUT2D eigenvalue weighted by atomic mass is 35.5. The maximum absolute atomic E-state index is 14.2. The summed E-state index contributed by atoms with van der Waals surface area (Å²) in [7, 11) is 0. The van der Waals surface area contributed by atoms with Gasteiger partial charge in [-0.3, -0.25) is 9.69 Å². The van der Waals surface area contributed by atoms with Gasteiger partial charge >= 0.3 is 5.97 Å². The molecule has 3 rings (SSSR count). The van der Waals surface area contributed by atoms with Crippen LogP contribution in [0, 0.1) is 17.6 Å². The molecular weight excluding hydrogens is 402 g/mol. The number of benzene rings is 2. The maximum Gasteiger partial charge on any atom is 0.307 e. The van der Waals surface area contributed by atoms with Gasteiger partial charge in [-0.05, 0) is 55.8 Å². The highest BCUT2D eigenvalue weighted by Gasteiger charge is 2.25. The lowest BCUT2D eigenvalue weighted by atomic mass is 9.98. The Kier molecular flexibility index (Phi) is 8.54. The van der Waals surface area contributed by atoms with E-state index in [0.29, 0.717) is 25.1 Å². The second kappa shape index (κ2) is 10.9. The first-order chi connectivity index (χ1) is 13.5. The molecule has 1 aliphatic rings. The summed E-state index contributed by atoms with van der Waals surface area (Å²) in [6.07, 6.45) is 1.52. The number of rotatable bonds is 7. The predicted molar refractivity (Wildman–Crippen MR) is 108 cm³/mol. The lowest BCUT2D eigenvalue weighted by Crippen LogP contribution is -2.40. The Hall–Kier alpha value is -2.51. The van der Waals surface area contributed by atoms with Crippen LogP contribution < -0.4 is 0 Å². The van der Waals surface area contributed by atoms with Gasteiger partial charge in [0.1, 0.15) is 24.0 Å². The third-order valence-electron chi connectivity index (χ3n) is 4.76.